The van der Waals surface area contributed by atoms with Crippen molar-refractivity contribution in [2.24, 2.45) is 0 Å². The molecular formula is C12H10CrI. The van der Waals surface area contributed by atoms with Crippen LogP contribution in [0.1, 0.15) is 0 Å². The minimum atomic E-state index is 0. The van der Waals surface area contributed by atoms with Gasteiger partial charge in [-0.2, -0.15) is 0 Å². The third-order valence-corrected chi connectivity index (χ3v) is 3.31. The minimum absolute atomic E-state index is 0. The zero-order valence-electron chi connectivity index (χ0n) is 7.56. The van der Waals surface area contributed by atoms with Crippen LogP contribution in [0.4, 0.5) is 0 Å². The van der Waals surface area contributed by atoms with Crippen LogP contribution in [0, 0.1) is 0 Å². The van der Waals surface area contributed by atoms with Gasteiger partial charge >= 0.3 is 84.7 Å². The molecule has 0 aromatic heterocycles. The van der Waals surface area contributed by atoms with Gasteiger partial charge in [0.05, 0.1) is 0 Å². The van der Waals surface area contributed by atoms with E-state index in [0.717, 1.165) is 0 Å². The van der Waals surface area contributed by atoms with Gasteiger partial charge in [-0.3, -0.25) is 0 Å². The second-order valence-electron chi connectivity index (χ2n) is 2.73. The van der Waals surface area contributed by atoms with Crippen LogP contribution in [0.2, 0.25) is 0 Å². The molecule has 14 heavy (non-hydrogen) atoms. The molecule has 0 bridgehead atoms. The molecule has 0 saturated carbocycles. The standard InChI is InChI=1S/2C6H5.Cr.HI/c2*1-2-4-6-5-3-1;;/h2*1-5H;;1H/q;;+1;/p-1. The van der Waals surface area contributed by atoms with E-state index in [9.17, 15) is 0 Å². The van der Waals surface area contributed by atoms with Crippen molar-refractivity contribution in [2.75, 3.05) is 0 Å². The Labute approximate surface area is 108 Å². The third-order valence-electron chi connectivity index (χ3n) is 1.72. The fourth-order valence-corrected chi connectivity index (χ4v) is 2.45. The first-order valence-electron chi connectivity index (χ1n) is 4.23. The first-order valence-corrected chi connectivity index (χ1v) is 5.50. The summed E-state index contributed by atoms with van der Waals surface area (Å²) in [7, 11) is 0. The first-order chi connectivity index (χ1) is 6.45. The predicted octanol–water partition coefficient (Wildman–Crippen LogP) is -1.28. The third kappa shape index (κ3) is 3.45. The normalized spacial score (nSPS) is 8.86. The molecule has 0 radical (unpaired) electrons. The van der Waals surface area contributed by atoms with E-state index in [1.54, 1.807) is 0 Å². The van der Waals surface area contributed by atoms with Crippen LogP contribution in [0.25, 0.3) is 0 Å². The molecule has 0 spiro atoms. The van der Waals surface area contributed by atoms with E-state index in [-0.39, 0.29) is 24.0 Å². The van der Waals surface area contributed by atoms with Gasteiger partial charge in [0.2, 0.25) is 0 Å². The van der Waals surface area contributed by atoms with Crippen LogP contribution < -0.4 is 32.8 Å². The second-order valence-corrected chi connectivity index (χ2v) is 4.52. The molecule has 0 N–H and O–H groups in total. The summed E-state index contributed by atoms with van der Waals surface area (Å²) in [5.41, 5.74) is 0. The van der Waals surface area contributed by atoms with Gasteiger partial charge in [-0.25, -0.2) is 0 Å². The van der Waals surface area contributed by atoms with Crippen LogP contribution in [0.15, 0.2) is 60.7 Å². The zero-order valence-corrected chi connectivity index (χ0v) is 11.0. The molecular weight excluding hydrogens is 323 g/mol. The van der Waals surface area contributed by atoms with Crippen LogP contribution in [0.5, 0.6) is 0 Å². The summed E-state index contributed by atoms with van der Waals surface area (Å²) in [5, 5.41) is 0. The van der Waals surface area contributed by atoms with E-state index in [1.165, 1.54) is 8.85 Å². The Balaban J connectivity index is 0.000000980. The van der Waals surface area contributed by atoms with Crippen LogP contribution in [0.3, 0.4) is 0 Å². The van der Waals surface area contributed by atoms with Crippen molar-refractivity contribution >= 4 is 8.85 Å². The predicted molar refractivity (Wildman–Crippen MR) is 52.2 cm³/mol. The molecule has 0 unspecified atom stereocenters. The van der Waals surface area contributed by atoms with E-state index in [0.29, 0.717) is 15.2 Å². The number of benzene rings is 2. The first kappa shape index (κ1) is 11.8. The number of hydrogen-bond donors (Lipinski definition) is 0. The van der Waals surface area contributed by atoms with Crippen molar-refractivity contribution in [3.05, 3.63) is 60.7 Å². The molecule has 2 heteroatoms. The Morgan fingerprint density at radius 2 is 0.929 bits per heavy atom. The molecule has 0 fully saturated rings. The average Bonchev–Trinajstić information content (AvgIpc) is 2.21. The zero-order chi connectivity index (χ0) is 8.93. The molecule has 0 amide bonds. The summed E-state index contributed by atoms with van der Waals surface area (Å²) in [4.78, 5) is 0. The Kier molecular flexibility index (Phi) is 5.24. The molecule has 2 rings (SSSR count). The monoisotopic (exact) mass is 333 g/mol. The van der Waals surface area contributed by atoms with Gasteiger partial charge in [0.15, 0.2) is 0 Å². The summed E-state index contributed by atoms with van der Waals surface area (Å²) in [6, 6.07) is 21.3. The van der Waals surface area contributed by atoms with Gasteiger partial charge in [-0.05, 0) is 0 Å². The molecule has 0 nitrogen and oxygen atoms in total. The quantitative estimate of drug-likeness (QED) is 0.601. The summed E-state index contributed by atoms with van der Waals surface area (Å²) >= 11 is 0.461. The van der Waals surface area contributed by atoms with E-state index >= 15 is 0 Å². The SMILES string of the molecule is [I-].c1cc[c]([Cr+][c]2ccccc2)cc1. The Bertz CT molecular complexity index is 321. The number of rotatable bonds is 2. The van der Waals surface area contributed by atoms with Crippen molar-refractivity contribution in [3.63, 3.8) is 0 Å². The van der Waals surface area contributed by atoms with Crippen LogP contribution in [-0.4, -0.2) is 0 Å². The maximum absolute atomic E-state index is 2.19. The Morgan fingerprint density at radius 1 is 0.571 bits per heavy atom. The Hall–Kier alpha value is -0.298. The molecule has 0 saturated heterocycles. The maximum atomic E-state index is 2.19. The van der Waals surface area contributed by atoms with Gasteiger partial charge in [0, 0.05) is 0 Å². The van der Waals surface area contributed by atoms with Gasteiger partial charge in [-0.1, -0.05) is 0 Å². The van der Waals surface area contributed by atoms with Gasteiger partial charge in [0.25, 0.3) is 0 Å². The van der Waals surface area contributed by atoms with Crippen molar-refractivity contribution < 1.29 is 39.2 Å². The molecule has 0 aliphatic carbocycles. The molecule has 0 atom stereocenters. The molecule has 71 valence electrons. The van der Waals surface area contributed by atoms with E-state index in [2.05, 4.69) is 60.7 Å². The number of halogens is 1. The van der Waals surface area contributed by atoms with Crippen molar-refractivity contribution in [2.45, 2.75) is 0 Å². The molecule has 0 aliphatic rings. The van der Waals surface area contributed by atoms with E-state index in [4.69, 9.17) is 0 Å². The van der Waals surface area contributed by atoms with E-state index in [1.807, 2.05) is 0 Å². The van der Waals surface area contributed by atoms with Gasteiger partial charge in [0.1, 0.15) is 0 Å². The fraction of sp³-hybridized carbons (Fsp3) is 0. The van der Waals surface area contributed by atoms with Gasteiger partial charge < -0.3 is 24.0 Å². The summed E-state index contributed by atoms with van der Waals surface area (Å²) in [6.45, 7) is 0. The van der Waals surface area contributed by atoms with Crippen molar-refractivity contribution in [1.82, 2.24) is 0 Å². The van der Waals surface area contributed by atoms with Gasteiger partial charge in [-0.15, -0.1) is 0 Å². The van der Waals surface area contributed by atoms with E-state index < -0.39 is 0 Å². The molecule has 2 aromatic carbocycles. The summed E-state index contributed by atoms with van der Waals surface area (Å²) in [6.07, 6.45) is 0. The summed E-state index contributed by atoms with van der Waals surface area (Å²) < 4.78 is 2.86. The van der Waals surface area contributed by atoms with Crippen molar-refractivity contribution in [1.29, 1.82) is 0 Å². The topological polar surface area (TPSA) is 0 Å². The average molecular weight is 333 g/mol. The molecule has 0 heterocycles. The number of hydrogen-bond acceptors (Lipinski definition) is 0. The molecule has 0 aliphatic heterocycles. The Morgan fingerprint density at radius 3 is 1.29 bits per heavy atom. The van der Waals surface area contributed by atoms with Crippen molar-refractivity contribution in [3.8, 4) is 0 Å². The fourth-order valence-electron chi connectivity index (χ4n) is 1.11. The van der Waals surface area contributed by atoms with Crippen LogP contribution in [-0.2, 0) is 15.2 Å². The second kappa shape index (κ2) is 6.24. The van der Waals surface area contributed by atoms with Crippen LogP contribution >= 0.6 is 0 Å². The molecule has 2 aromatic rings. The summed E-state index contributed by atoms with van der Waals surface area (Å²) in [5.74, 6) is 0.